The van der Waals surface area contributed by atoms with E-state index in [1.165, 1.54) is 24.4 Å². The third kappa shape index (κ3) is 3.48. The number of aliphatic imine (C=N–C) groups is 1. The molecule has 0 aromatic heterocycles. The molecule has 0 aliphatic rings. The number of hydrogen-bond acceptors (Lipinski definition) is 3. The van der Waals surface area contributed by atoms with Crippen LogP contribution in [0, 0.1) is 10.1 Å². The molecule has 0 aliphatic carbocycles. The second-order valence-corrected chi connectivity index (χ2v) is 5.07. The summed E-state index contributed by atoms with van der Waals surface area (Å²) in [7, 11) is 0. The number of halogens is 3. The topological polar surface area (TPSA) is 55.5 Å². The third-order valence-electron chi connectivity index (χ3n) is 2.44. The molecule has 7 heteroatoms. The molecule has 0 unspecified atom stereocenters. The normalized spacial score (nSPS) is 10.9. The van der Waals surface area contributed by atoms with Crippen LogP contribution in [0.25, 0.3) is 0 Å². The summed E-state index contributed by atoms with van der Waals surface area (Å²) < 4.78 is 0. The molecule has 0 bridgehead atoms. The van der Waals surface area contributed by atoms with E-state index in [-0.39, 0.29) is 5.69 Å². The second kappa shape index (κ2) is 6.22. The Morgan fingerprint density at radius 2 is 1.75 bits per heavy atom. The van der Waals surface area contributed by atoms with Crippen molar-refractivity contribution in [3.8, 4) is 0 Å². The van der Waals surface area contributed by atoms with Gasteiger partial charge in [0.15, 0.2) is 0 Å². The quantitative estimate of drug-likeness (QED) is 0.435. The van der Waals surface area contributed by atoms with Gasteiger partial charge in [-0.3, -0.25) is 15.1 Å². The fourth-order valence-electron chi connectivity index (χ4n) is 1.47. The van der Waals surface area contributed by atoms with Crippen LogP contribution in [0.15, 0.2) is 41.4 Å². The van der Waals surface area contributed by atoms with E-state index in [0.717, 1.165) is 0 Å². The minimum Gasteiger partial charge on any atom is -0.258 e. The zero-order valence-electron chi connectivity index (χ0n) is 9.89. The van der Waals surface area contributed by atoms with Crippen LogP contribution in [0.2, 0.25) is 15.1 Å². The van der Waals surface area contributed by atoms with Crippen molar-refractivity contribution in [1.82, 2.24) is 0 Å². The zero-order chi connectivity index (χ0) is 14.7. The van der Waals surface area contributed by atoms with Gasteiger partial charge in [0, 0.05) is 34.0 Å². The number of benzene rings is 2. The Balaban J connectivity index is 2.38. The molecule has 102 valence electrons. The smallest absolute Gasteiger partial charge is 0.258 e. The first-order valence-corrected chi connectivity index (χ1v) is 6.54. The molecule has 0 saturated heterocycles. The van der Waals surface area contributed by atoms with Gasteiger partial charge in [0.05, 0.1) is 15.6 Å². The van der Waals surface area contributed by atoms with Crippen molar-refractivity contribution in [3.05, 3.63) is 67.1 Å². The molecule has 2 aromatic rings. The maximum Gasteiger partial charge on any atom is 0.270 e. The van der Waals surface area contributed by atoms with Crippen LogP contribution in [-0.2, 0) is 0 Å². The summed E-state index contributed by atoms with van der Waals surface area (Å²) in [5.41, 5.74) is 0.826. The molecule has 0 spiro atoms. The van der Waals surface area contributed by atoms with E-state index in [9.17, 15) is 10.1 Å². The summed E-state index contributed by atoms with van der Waals surface area (Å²) in [6.07, 6.45) is 1.41. The van der Waals surface area contributed by atoms with E-state index in [1.54, 1.807) is 18.2 Å². The molecule has 0 saturated carbocycles. The molecule has 0 atom stereocenters. The predicted molar refractivity (Wildman–Crippen MR) is 81.8 cm³/mol. The zero-order valence-corrected chi connectivity index (χ0v) is 12.2. The molecule has 0 aliphatic heterocycles. The summed E-state index contributed by atoms with van der Waals surface area (Å²) in [5.74, 6) is 0. The second-order valence-electron chi connectivity index (χ2n) is 3.82. The first-order valence-electron chi connectivity index (χ1n) is 5.40. The number of nitro benzene ring substituents is 1. The summed E-state index contributed by atoms with van der Waals surface area (Å²) in [5, 5.41) is 12.0. The van der Waals surface area contributed by atoms with E-state index >= 15 is 0 Å². The fourth-order valence-corrected chi connectivity index (χ4v) is 1.97. The molecule has 0 amide bonds. The van der Waals surface area contributed by atoms with Gasteiger partial charge in [-0.15, -0.1) is 0 Å². The molecular formula is C13H7Cl3N2O2. The summed E-state index contributed by atoms with van der Waals surface area (Å²) >= 11 is 17.8. The fraction of sp³-hybridized carbons (Fsp3) is 0. The minimum absolute atomic E-state index is 0.0620. The summed E-state index contributed by atoms with van der Waals surface area (Å²) in [4.78, 5) is 14.4. The third-order valence-corrected chi connectivity index (χ3v) is 3.34. The van der Waals surface area contributed by atoms with Crippen molar-refractivity contribution in [2.45, 2.75) is 0 Å². The Kier molecular flexibility index (Phi) is 4.60. The molecule has 0 heterocycles. The number of hydrogen-bond donors (Lipinski definition) is 0. The Morgan fingerprint density at radius 3 is 2.45 bits per heavy atom. The highest BCUT2D eigenvalue weighted by molar-refractivity contribution is 6.35. The van der Waals surface area contributed by atoms with Gasteiger partial charge in [-0.05, 0) is 24.3 Å². The summed E-state index contributed by atoms with van der Waals surface area (Å²) in [6, 6.07) is 8.96. The largest absolute Gasteiger partial charge is 0.270 e. The Hall–Kier alpha value is -1.62. The van der Waals surface area contributed by atoms with E-state index in [2.05, 4.69) is 4.99 Å². The lowest BCUT2D eigenvalue weighted by Crippen LogP contribution is -1.90. The van der Waals surface area contributed by atoms with Crippen LogP contribution in [0.4, 0.5) is 11.4 Å². The maximum absolute atomic E-state index is 10.7. The molecule has 4 nitrogen and oxygen atoms in total. The van der Waals surface area contributed by atoms with Crippen LogP contribution >= 0.6 is 34.8 Å². The SMILES string of the molecule is O=[N+]([O-])c1ccc(Cl)c(C=Nc2cc(Cl)ccc2Cl)c1. The lowest BCUT2D eigenvalue weighted by molar-refractivity contribution is -0.384. The van der Waals surface area contributed by atoms with Gasteiger partial charge in [0.25, 0.3) is 5.69 Å². The monoisotopic (exact) mass is 328 g/mol. The van der Waals surface area contributed by atoms with Gasteiger partial charge in [0.1, 0.15) is 0 Å². The van der Waals surface area contributed by atoms with Crippen molar-refractivity contribution in [3.63, 3.8) is 0 Å². The first kappa shape index (κ1) is 14.8. The number of nitro groups is 1. The lowest BCUT2D eigenvalue weighted by atomic mass is 10.2. The highest BCUT2D eigenvalue weighted by Crippen LogP contribution is 2.28. The van der Waals surface area contributed by atoms with Crippen molar-refractivity contribution >= 4 is 52.4 Å². The van der Waals surface area contributed by atoms with Gasteiger partial charge in [-0.2, -0.15) is 0 Å². The van der Waals surface area contributed by atoms with E-state index in [1.807, 2.05) is 0 Å². The number of nitrogens with zero attached hydrogens (tertiary/aromatic N) is 2. The Labute approximate surface area is 129 Å². The standard InChI is InChI=1S/C13H7Cl3N2O2/c14-9-1-3-12(16)13(6-9)17-7-8-5-10(18(19)20)2-4-11(8)15/h1-7H. The van der Waals surface area contributed by atoms with Gasteiger partial charge < -0.3 is 0 Å². The van der Waals surface area contributed by atoms with Crippen LogP contribution in [0.3, 0.4) is 0 Å². The minimum atomic E-state index is -0.500. The van der Waals surface area contributed by atoms with Crippen molar-refractivity contribution in [2.75, 3.05) is 0 Å². The summed E-state index contributed by atoms with van der Waals surface area (Å²) in [6.45, 7) is 0. The highest BCUT2D eigenvalue weighted by Gasteiger charge is 2.08. The van der Waals surface area contributed by atoms with Crippen LogP contribution in [0.1, 0.15) is 5.56 Å². The van der Waals surface area contributed by atoms with E-state index < -0.39 is 4.92 Å². The van der Waals surface area contributed by atoms with Crippen LogP contribution < -0.4 is 0 Å². The van der Waals surface area contributed by atoms with Crippen molar-refractivity contribution in [2.24, 2.45) is 4.99 Å². The molecule has 2 aromatic carbocycles. The van der Waals surface area contributed by atoms with Gasteiger partial charge in [0.2, 0.25) is 0 Å². The molecule has 0 radical (unpaired) electrons. The van der Waals surface area contributed by atoms with Crippen LogP contribution in [-0.4, -0.2) is 11.1 Å². The lowest BCUT2D eigenvalue weighted by Gasteiger charge is -2.00. The Morgan fingerprint density at radius 1 is 1.05 bits per heavy atom. The van der Waals surface area contributed by atoms with E-state index in [0.29, 0.717) is 26.3 Å². The number of rotatable bonds is 3. The van der Waals surface area contributed by atoms with E-state index in [4.69, 9.17) is 34.8 Å². The van der Waals surface area contributed by atoms with Crippen molar-refractivity contribution < 1.29 is 4.92 Å². The maximum atomic E-state index is 10.7. The molecule has 20 heavy (non-hydrogen) atoms. The van der Waals surface area contributed by atoms with Gasteiger partial charge in [-0.1, -0.05) is 34.8 Å². The molecular weight excluding hydrogens is 323 g/mol. The first-order chi connectivity index (χ1) is 9.47. The molecule has 0 N–H and O–H groups in total. The highest BCUT2D eigenvalue weighted by atomic mass is 35.5. The predicted octanol–water partition coefficient (Wildman–Crippen LogP) is 5.31. The van der Waals surface area contributed by atoms with Gasteiger partial charge >= 0.3 is 0 Å². The average molecular weight is 330 g/mol. The average Bonchev–Trinajstić information content (AvgIpc) is 2.41. The number of non-ortho nitro benzene ring substituents is 1. The van der Waals surface area contributed by atoms with Gasteiger partial charge in [-0.25, -0.2) is 0 Å². The molecule has 0 fully saturated rings. The van der Waals surface area contributed by atoms with Crippen LogP contribution in [0.5, 0.6) is 0 Å². The Bertz CT molecular complexity index is 702. The molecule has 2 rings (SSSR count). The van der Waals surface area contributed by atoms with Crippen molar-refractivity contribution in [1.29, 1.82) is 0 Å².